The van der Waals surface area contributed by atoms with Crippen LogP contribution in [0.2, 0.25) is 0 Å². The van der Waals surface area contributed by atoms with E-state index < -0.39 is 29.0 Å². The van der Waals surface area contributed by atoms with Gasteiger partial charge in [0, 0.05) is 11.8 Å². The first-order valence-corrected chi connectivity index (χ1v) is 7.94. The summed E-state index contributed by atoms with van der Waals surface area (Å²) in [7, 11) is 1.28. The normalized spacial score (nSPS) is 31.6. The van der Waals surface area contributed by atoms with E-state index in [1.165, 1.54) is 13.4 Å². The van der Waals surface area contributed by atoms with Crippen LogP contribution in [0, 0.1) is 10.1 Å². The van der Waals surface area contributed by atoms with Crippen molar-refractivity contribution < 1.29 is 18.9 Å². The zero-order valence-electron chi connectivity index (χ0n) is 14.3. The quantitative estimate of drug-likeness (QED) is 0.520. The van der Waals surface area contributed by atoms with Crippen LogP contribution in [-0.2, 0) is 9.53 Å². The van der Waals surface area contributed by atoms with Crippen molar-refractivity contribution in [2.45, 2.75) is 36.9 Å². The van der Waals surface area contributed by atoms with Crippen molar-refractivity contribution in [1.82, 2.24) is 5.32 Å². The first kappa shape index (κ1) is 17.2. The molecule has 0 spiro atoms. The third kappa shape index (κ3) is 2.42. The molecule has 1 fully saturated rings. The summed E-state index contributed by atoms with van der Waals surface area (Å²) in [4.78, 5) is 24.5. The highest BCUT2D eigenvalue weighted by Crippen LogP contribution is 2.53. The molecule has 2 aromatic rings. The number of ether oxygens (including phenoxy) is 1. The number of esters is 1. The van der Waals surface area contributed by atoms with Gasteiger partial charge in [-0.1, -0.05) is 30.3 Å². The van der Waals surface area contributed by atoms with E-state index in [-0.39, 0.29) is 4.92 Å². The van der Waals surface area contributed by atoms with Crippen LogP contribution in [0.15, 0.2) is 53.1 Å². The minimum absolute atomic E-state index is 0.334. The fourth-order valence-corrected chi connectivity index (χ4v) is 4.01. The van der Waals surface area contributed by atoms with Crippen LogP contribution >= 0.6 is 0 Å². The molecule has 7 nitrogen and oxygen atoms in total. The average molecular weight is 344 g/mol. The van der Waals surface area contributed by atoms with Crippen molar-refractivity contribution in [2.75, 3.05) is 7.11 Å². The van der Waals surface area contributed by atoms with Gasteiger partial charge in [0.1, 0.15) is 17.3 Å². The monoisotopic (exact) mass is 344 g/mol. The van der Waals surface area contributed by atoms with E-state index in [9.17, 15) is 14.9 Å². The summed E-state index contributed by atoms with van der Waals surface area (Å²) >= 11 is 0. The molecular weight excluding hydrogens is 324 g/mol. The van der Waals surface area contributed by atoms with E-state index in [1.807, 2.05) is 6.07 Å². The summed E-state index contributed by atoms with van der Waals surface area (Å²) in [5.41, 5.74) is -2.10. The molecule has 1 aromatic heterocycles. The Hall–Kier alpha value is -2.67. The Bertz CT molecular complexity index is 776. The van der Waals surface area contributed by atoms with Crippen LogP contribution in [0.3, 0.4) is 0 Å². The third-order valence-corrected chi connectivity index (χ3v) is 5.15. The molecule has 3 rings (SSSR count). The number of benzene rings is 1. The molecule has 0 aliphatic carbocycles. The lowest BCUT2D eigenvalue weighted by Gasteiger charge is -2.32. The second-order valence-corrected chi connectivity index (χ2v) is 6.61. The molecular formula is C18H20N2O5. The molecule has 1 aliphatic heterocycles. The Morgan fingerprint density at radius 3 is 2.44 bits per heavy atom. The van der Waals surface area contributed by atoms with Crippen LogP contribution in [0.25, 0.3) is 0 Å². The Morgan fingerprint density at radius 1 is 1.24 bits per heavy atom. The van der Waals surface area contributed by atoms with Crippen LogP contribution in [0.1, 0.15) is 37.1 Å². The number of furan rings is 1. The van der Waals surface area contributed by atoms with Gasteiger partial charge in [-0.05, 0) is 24.6 Å². The molecule has 1 N–H and O–H groups in total. The number of hydrogen-bond acceptors (Lipinski definition) is 6. The van der Waals surface area contributed by atoms with Crippen LogP contribution in [0.5, 0.6) is 0 Å². The molecule has 7 heteroatoms. The highest BCUT2D eigenvalue weighted by molar-refractivity contribution is 5.83. The van der Waals surface area contributed by atoms with Gasteiger partial charge in [-0.15, -0.1) is 0 Å². The van der Waals surface area contributed by atoms with E-state index in [0.29, 0.717) is 11.3 Å². The second kappa shape index (κ2) is 6.00. The lowest BCUT2D eigenvalue weighted by atomic mass is 9.71. The zero-order chi connectivity index (χ0) is 18.2. The number of rotatable bonds is 4. The molecule has 0 saturated carbocycles. The maximum atomic E-state index is 12.6. The Morgan fingerprint density at radius 2 is 1.92 bits per heavy atom. The molecule has 2 heterocycles. The van der Waals surface area contributed by atoms with Gasteiger partial charge in [0.25, 0.3) is 5.54 Å². The summed E-state index contributed by atoms with van der Waals surface area (Å²) < 4.78 is 10.4. The van der Waals surface area contributed by atoms with Crippen molar-refractivity contribution in [3.63, 3.8) is 0 Å². The number of nitro groups is 1. The zero-order valence-corrected chi connectivity index (χ0v) is 14.3. The van der Waals surface area contributed by atoms with E-state index >= 15 is 0 Å². The van der Waals surface area contributed by atoms with E-state index in [2.05, 4.69) is 5.32 Å². The van der Waals surface area contributed by atoms with Gasteiger partial charge in [-0.2, -0.15) is 0 Å². The predicted octanol–water partition coefficient (Wildman–Crippen LogP) is 2.67. The molecule has 0 unspecified atom stereocenters. The smallest absolute Gasteiger partial charge is 0.326 e. The molecule has 4 atom stereocenters. The summed E-state index contributed by atoms with van der Waals surface area (Å²) in [6.45, 7) is 3.18. The van der Waals surface area contributed by atoms with Crippen molar-refractivity contribution >= 4 is 5.97 Å². The Balaban J connectivity index is 2.24. The van der Waals surface area contributed by atoms with E-state index in [0.717, 1.165) is 0 Å². The fourth-order valence-electron chi connectivity index (χ4n) is 4.01. The Kier molecular flexibility index (Phi) is 4.12. The minimum atomic E-state index is -1.51. The lowest BCUT2D eigenvalue weighted by molar-refractivity contribution is -0.572. The Labute approximate surface area is 145 Å². The number of carbonyl (C=O) groups is 1. The minimum Gasteiger partial charge on any atom is -0.468 e. The number of hydrogen-bond donors (Lipinski definition) is 1. The molecule has 25 heavy (non-hydrogen) atoms. The maximum absolute atomic E-state index is 12.6. The summed E-state index contributed by atoms with van der Waals surface area (Å²) in [5, 5.41) is 15.3. The van der Waals surface area contributed by atoms with Gasteiger partial charge in [-0.3, -0.25) is 20.2 Å². The highest BCUT2D eigenvalue weighted by atomic mass is 16.6. The molecule has 0 bridgehead atoms. The number of methoxy groups -OCH3 is 1. The van der Waals surface area contributed by atoms with Gasteiger partial charge >= 0.3 is 5.97 Å². The summed E-state index contributed by atoms with van der Waals surface area (Å²) in [6.07, 6.45) is 1.46. The van der Waals surface area contributed by atoms with Gasteiger partial charge in [0.2, 0.25) is 0 Å². The van der Waals surface area contributed by atoms with Crippen molar-refractivity contribution in [3.8, 4) is 0 Å². The molecule has 0 amide bonds. The predicted molar refractivity (Wildman–Crippen MR) is 89.6 cm³/mol. The highest BCUT2D eigenvalue weighted by Gasteiger charge is 2.70. The number of nitrogens with one attached hydrogen (secondary N) is 1. The third-order valence-electron chi connectivity index (χ3n) is 5.15. The number of nitrogens with zero attached hydrogens (tertiary/aromatic N) is 1. The van der Waals surface area contributed by atoms with Gasteiger partial charge in [0.15, 0.2) is 0 Å². The van der Waals surface area contributed by atoms with E-state index in [4.69, 9.17) is 9.15 Å². The molecule has 132 valence electrons. The van der Waals surface area contributed by atoms with Gasteiger partial charge in [0.05, 0.1) is 19.3 Å². The lowest BCUT2D eigenvalue weighted by Crippen LogP contribution is -2.51. The second-order valence-electron chi connectivity index (χ2n) is 6.61. The molecule has 1 saturated heterocycles. The van der Waals surface area contributed by atoms with Crippen LogP contribution in [-0.4, -0.2) is 29.1 Å². The van der Waals surface area contributed by atoms with Gasteiger partial charge in [-0.25, -0.2) is 0 Å². The topological polar surface area (TPSA) is 94.6 Å². The van der Waals surface area contributed by atoms with E-state index in [1.54, 1.807) is 50.2 Å². The SMILES string of the molecule is COC(=O)[C@@]1(C)N[C@@H](c2ccco2)[C@@](C)([N+](=O)[O-])[C@@H]1c1ccccc1. The average Bonchev–Trinajstić information content (AvgIpc) is 3.21. The molecule has 1 aliphatic rings. The van der Waals surface area contributed by atoms with Crippen molar-refractivity contribution in [1.29, 1.82) is 0 Å². The maximum Gasteiger partial charge on any atom is 0.326 e. The first-order valence-electron chi connectivity index (χ1n) is 7.94. The summed E-state index contributed by atoms with van der Waals surface area (Å²) in [6, 6.07) is 11.6. The largest absolute Gasteiger partial charge is 0.468 e. The van der Waals surface area contributed by atoms with Crippen LogP contribution in [0.4, 0.5) is 0 Å². The molecule has 1 aromatic carbocycles. The van der Waals surface area contributed by atoms with Gasteiger partial charge < -0.3 is 9.15 Å². The van der Waals surface area contributed by atoms with Crippen molar-refractivity contribution in [2.24, 2.45) is 0 Å². The molecule has 0 radical (unpaired) electrons. The first-order chi connectivity index (χ1) is 11.9. The number of carbonyl (C=O) groups excluding carboxylic acids is 1. The van der Waals surface area contributed by atoms with Crippen LogP contribution < -0.4 is 5.32 Å². The van der Waals surface area contributed by atoms with Crippen molar-refractivity contribution in [3.05, 3.63) is 70.2 Å². The summed E-state index contributed by atoms with van der Waals surface area (Å²) in [5.74, 6) is -0.894. The fraction of sp³-hybridized carbons (Fsp3) is 0.389. The standard InChI is InChI=1S/C18H20N2O5/c1-17(16(21)24-3)14(12-8-5-4-6-9-12)18(2,20(22)23)15(19-17)13-10-7-11-25-13/h4-11,14-15,19H,1-3H3/t14-,15+,17+,18+/m1/s1.